The Kier molecular flexibility index (Phi) is 7.89. The first-order valence-electron chi connectivity index (χ1n) is 11.8. The number of ether oxygens (including phenoxy) is 1. The number of methoxy groups -OCH3 is 1. The molecule has 0 radical (unpaired) electrons. The summed E-state index contributed by atoms with van der Waals surface area (Å²) < 4.78 is 5.48. The zero-order valence-corrected chi connectivity index (χ0v) is 21.0. The van der Waals surface area contributed by atoms with Crippen molar-refractivity contribution in [1.82, 2.24) is 19.7 Å². The lowest BCUT2D eigenvalue weighted by molar-refractivity contribution is -0.133. The van der Waals surface area contributed by atoms with Crippen molar-refractivity contribution in [1.29, 1.82) is 0 Å². The van der Waals surface area contributed by atoms with E-state index in [0.717, 1.165) is 29.7 Å². The third kappa shape index (κ3) is 5.79. The summed E-state index contributed by atoms with van der Waals surface area (Å²) in [6.45, 7) is 10.1. The molecule has 2 aromatic rings. The van der Waals surface area contributed by atoms with Crippen LogP contribution >= 0.6 is 11.3 Å². The summed E-state index contributed by atoms with van der Waals surface area (Å²) in [5.41, 5.74) is 1.57. The highest BCUT2D eigenvalue weighted by molar-refractivity contribution is 7.13. The number of hydrogen-bond acceptors (Lipinski definition) is 8. The number of carbonyl (C=O) groups excluding carboxylic acids is 2. The number of carbonyl (C=O) groups is 2. The third-order valence-corrected chi connectivity index (χ3v) is 6.99. The molecule has 34 heavy (non-hydrogen) atoms. The van der Waals surface area contributed by atoms with Gasteiger partial charge in [-0.3, -0.25) is 14.5 Å². The molecular formula is C24H34N6O3S. The van der Waals surface area contributed by atoms with Crippen LogP contribution in [-0.2, 0) is 4.79 Å². The lowest BCUT2D eigenvalue weighted by Crippen LogP contribution is -2.54. The standard InChI is InChI=1S/C24H34N6O3S/c1-18(2)25-24-26-19(17-34-24)23(32)30-10-8-27(9-11-30)16-22(31)29-14-12-28(13-15-29)20-6-4-5-7-21(20)33-3/h4-7,17-18H,8-16H2,1-3H3,(H,25,26). The molecule has 1 N–H and O–H groups in total. The highest BCUT2D eigenvalue weighted by Gasteiger charge is 2.28. The van der Waals surface area contributed by atoms with Gasteiger partial charge in [0.15, 0.2) is 5.13 Å². The second kappa shape index (κ2) is 11.1. The fourth-order valence-electron chi connectivity index (χ4n) is 4.34. The van der Waals surface area contributed by atoms with Crippen molar-refractivity contribution in [2.24, 2.45) is 0 Å². The van der Waals surface area contributed by atoms with E-state index in [0.29, 0.717) is 51.5 Å². The van der Waals surface area contributed by atoms with E-state index in [2.05, 4.69) is 26.2 Å². The number of benzene rings is 1. The van der Waals surface area contributed by atoms with Gasteiger partial charge in [-0.2, -0.15) is 0 Å². The zero-order valence-electron chi connectivity index (χ0n) is 20.2. The van der Waals surface area contributed by atoms with Crippen LogP contribution in [0.15, 0.2) is 29.6 Å². The molecule has 0 atom stereocenters. The fourth-order valence-corrected chi connectivity index (χ4v) is 5.17. The van der Waals surface area contributed by atoms with Crippen molar-refractivity contribution in [2.75, 3.05) is 76.2 Å². The minimum atomic E-state index is -0.0357. The summed E-state index contributed by atoms with van der Waals surface area (Å²) >= 11 is 1.45. The van der Waals surface area contributed by atoms with Gasteiger partial charge < -0.3 is 24.8 Å². The summed E-state index contributed by atoms with van der Waals surface area (Å²) in [5, 5.41) is 5.82. The summed E-state index contributed by atoms with van der Waals surface area (Å²) in [6.07, 6.45) is 0. The molecular weight excluding hydrogens is 452 g/mol. The van der Waals surface area contributed by atoms with Crippen LogP contribution in [0.3, 0.4) is 0 Å². The molecule has 0 unspecified atom stereocenters. The molecule has 0 aliphatic carbocycles. The Balaban J connectivity index is 1.22. The molecule has 1 aromatic carbocycles. The van der Waals surface area contributed by atoms with Gasteiger partial charge >= 0.3 is 0 Å². The Morgan fingerprint density at radius 1 is 1.03 bits per heavy atom. The molecule has 3 heterocycles. The first-order chi connectivity index (χ1) is 16.4. The van der Waals surface area contributed by atoms with Gasteiger partial charge in [0, 0.05) is 63.8 Å². The second-order valence-corrected chi connectivity index (χ2v) is 9.80. The normalized spacial score (nSPS) is 17.2. The summed E-state index contributed by atoms with van der Waals surface area (Å²) in [4.78, 5) is 38.3. The number of anilines is 2. The molecule has 9 nitrogen and oxygen atoms in total. The lowest BCUT2D eigenvalue weighted by Gasteiger charge is -2.38. The SMILES string of the molecule is COc1ccccc1N1CCN(C(=O)CN2CCN(C(=O)c3csc(NC(C)C)n3)CC2)CC1. The van der Waals surface area contributed by atoms with Gasteiger partial charge in [-0.25, -0.2) is 4.98 Å². The first-order valence-corrected chi connectivity index (χ1v) is 12.7. The quantitative estimate of drug-likeness (QED) is 0.642. The molecule has 1 aromatic heterocycles. The van der Waals surface area contributed by atoms with Crippen molar-refractivity contribution < 1.29 is 14.3 Å². The van der Waals surface area contributed by atoms with E-state index < -0.39 is 0 Å². The molecule has 2 fully saturated rings. The molecule has 0 bridgehead atoms. The maximum atomic E-state index is 12.9. The molecule has 10 heteroatoms. The van der Waals surface area contributed by atoms with Gasteiger partial charge in [-0.05, 0) is 26.0 Å². The number of piperazine rings is 2. The summed E-state index contributed by atoms with van der Waals surface area (Å²) in [7, 11) is 1.68. The van der Waals surface area contributed by atoms with Crippen LogP contribution in [0.5, 0.6) is 5.75 Å². The van der Waals surface area contributed by atoms with Gasteiger partial charge in [0.25, 0.3) is 5.91 Å². The molecule has 0 spiro atoms. The van der Waals surface area contributed by atoms with Crippen LogP contribution in [0.25, 0.3) is 0 Å². The zero-order chi connectivity index (χ0) is 24.1. The predicted molar refractivity (Wildman–Crippen MR) is 135 cm³/mol. The van der Waals surface area contributed by atoms with Gasteiger partial charge in [0.1, 0.15) is 11.4 Å². The molecule has 4 rings (SSSR count). The highest BCUT2D eigenvalue weighted by atomic mass is 32.1. The second-order valence-electron chi connectivity index (χ2n) is 8.94. The molecule has 2 amide bonds. The number of para-hydroxylation sites is 2. The van der Waals surface area contributed by atoms with E-state index in [1.54, 1.807) is 7.11 Å². The highest BCUT2D eigenvalue weighted by Crippen LogP contribution is 2.28. The van der Waals surface area contributed by atoms with Crippen molar-refractivity contribution >= 4 is 34.0 Å². The van der Waals surface area contributed by atoms with Crippen molar-refractivity contribution in [3.63, 3.8) is 0 Å². The minimum absolute atomic E-state index is 0.0357. The van der Waals surface area contributed by atoms with E-state index in [-0.39, 0.29) is 17.9 Å². The third-order valence-electron chi connectivity index (χ3n) is 6.21. The first kappa shape index (κ1) is 24.3. The number of nitrogens with zero attached hydrogens (tertiary/aromatic N) is 5. The van der Waals surface area contributed by atoms with Crippen molar-refractivity contribution in [3.05, 3.63) is 35.3 Å². The minimum Gasteiger partial charge on any atom is -0.495 e. The molecule has 2 aliphatic heterocycles. The van der Waals surface area contributed by atoms with E-state index >= 15 is 0 Å². The number of aromatic nitrogens is 1. The fraction of sp³-hybridized carbons (Fsp3) is 0.542. The van der Waals surface area contributed by atoms with Gasteiger partial charge in [-0.15, -0.1) is 11.3 Å². The largest absolute Gasteiger partial charge is 0.495 e. The van der Waals surface area contributed by atoms with Crippen LogP contribution in [0.2, 0.25) is 0 Å². The Bertz CT molecular complexity index is 981. The summed E-state index contributed by atoms with van der Waals surface area (Å²) in [5.74, 6) is 0.981. The van der Waals surface area contributed by atoms with E-state index in [1.165, 1.54) is 11.3 Å². The average molecular weight is 487 g/mol. The number of thiazole rings is 1. The lowest BCUT2D eigenvalue weighted by atomic mass is 10.2. The Morgan fingerprint density at radius 3 is 2.38 bits per heavy atom. The number of amides is 2. The molecule has 2 saturated heterocycles. The van der Waals surface area contributed by atoms with Crippen LogP contribution < -0.4 is 15.0 Å². The average Bonchev–Trinajstić information content (AvgIpc) is 3.32. The van der Waals surface area contributed by atoms with Crippen LogP contribution in [0.4, 0.5) is 10.8 Å². The molecule has 0 saturated carbocycles. The van der Waals surface area contributed by atoms with E-state index in [9.17, 15) is 9.59 Å². The van der Waals surface area contributed by atoms with Gasteiger partial charge in [0.05, 0.1) is 19.3 Å². The van der Waals surface area contributed by atoms with Crippen molar-refractivity contribution in [2.45, 2.75) is 19.9 Å². The molecule has 184 valence electrons. The number of nitrogens with one attached hydrogen (secondary N) is 1. The Morgan fingerprint density at radius 2 is 1.71 bits per heavy atom. The van der Waals surface area contributed by atoms with Crippen molar-refractivity contribution in [3.8, 4) is 5.75 Å². The predicted octanol–water partition coefficient (Wildman–Crippen LogP) is 2.08. The summed E-state index contributed by atoms with van der Waals surface area (Å²) in [6, 6.07) is 8.28. The Hall–Kier alpha value is -2.85. The van der Waals surface area contributed by atoms with Crippen LogP contribution in [-0.4, -0.2) is 104 Å². The Labute approximate surface area is 205 Å². The van der Waals surface area contributed by atoms with Gasteiger partial charge in [0.2, 0.25) is 5.91 Å². The number of hydrogen-bond donors (Lipinski definition) is 1. The van der Waals surface area contributed by atoms with E-state index in [1.807, 2.05) is 47.2 Å². The molecule has 2 aliphatic rings. The maximum absolute atomic E-state index is 12.9. The maximum Gasteiger partial charge on any atom is 0.273 e. The van der Waals surface area contributed by atoms with Gasteiger partial charge in [-0.1, -0.05) is 12.1 Å². The number of rotatable bonds is 7. The van der Waals surface area contributed by atoms with E-state index in [4.69, 9.17) is 4.74 Å². The smallest absolute Gasteiger partial charge is 0.273 e. The topological polar surface area (TPSA) is 81.2 Å². The van der Waals surface area contributed by atoms with Crippen LogP contribution in [0, 0.1) is 0 Å². The van der Waals surface area contributed by atoms with Crippen LogP contribution in [0.1, 0.15) is 24.3 Å². The monoisotopic (exact) mass is 486 g/mol.